The first kappa shape index (κ1) is 17.7. The quantitative estimate of drug-likeness (QED) is 0.677. The van der Waals surface area contributed by atoms with Crippen molar-refractivity contribution < 1.29 is 14.3 Å². The Morgan fingerprint density at radius 2 is 2.00 bits per heavy atom. The molecule has 1 atom stereocenters. The van der Waals surface area contributed by atoms with E-state index in [9.17, 15) is 9.59 Å². The molecule has 124 valence electrons. The highest BCUT2D eigenvalue weighted by atomic mass is 79.9. The lowest BCUT2D eigenvalue weighted by Gasteiger charge is -2.35. The lowest BCUT2D eigenvalue weighted by atomic mass is 9.86. The average molecular weight is 380 g/mol. The van der Waals surface area contributed by atoms with Crippen molar-refractivity contribution in [2.75, 3.05) is 0 Å². The van der Waals surface area contributed by atoms with E-state index in [-0.39, 0.29) is 5.91 Å². The predicted octanol–water partition coefficient (Wildman–Crippen LogP) is 5.02. The summed E-state index contributed by atoms with van der Waals surface area (Å²) in [6.07, 6.45) is -0.139. The number of imide groups is 1. The van der Waals surface area contributed by atoms with Gasteiger partial charge in [-0.1, -0.05) is 21.5 Å². The van der Waals surface area contributed by atoms with E-state index < -0.39 is 17.2 Å². The van der Waals surface area contributed by atoms with Gasteiger partial charge in [-0.25, -0.2) is 9.69 Å². The van der Waals surface area contributed by atoms with Crippen molar-refractivity contribution in [3.05, 3.63) is 46.0 Å². The molecule has 0 radical (unpaired) electrons. The molecule has 1 unspecified atom stereocenters. The van der Waals surface area contributed by atoms with Crippen LogP contribution in [0.5, 0.6) is 0 Å². The number of carbonyl (C=O) groups is 2. The van der Waals surface area contributed by atoms with Crippen LogP contribution in [0.3, 0.4) is 0 Å². The molecule has 1 heterocycles. The zero-order valence-corrected chi connectivity index (χ0v) is 15.8. The van der Waals surface area contributed by atoms with Gasteiger partial charge in [0.2, 0.25) is 0 Å². The number of hydrogen-bond donors (Lipinski definition) is 0. The van der Waals surface area contributed by atoms with Crippen LogP contribution in [-0.4, -0.2) is 22.5 Å². The largest absolute Gasteiger partial charge is 0.443 e. The van der Waals surface area contributed by atoms with E-state index >= 15 is 0 Å². The molecule has 2 amide bonds. The molecular formula is C18H22BrNO3. The molecule has 1 aromatic rings. The number of rotatable bonds is 2. The summed E-state index contributed by atoms with van der Waals surface area (Å²) in [5, 5.41) is 0. The van der Waals surface area contributed by atoms with Gasteiger partial charge in [-0.3, -0.25) is 4.79 Å². The third-order valence-electron chi connectivity index (χ3n) is 3.71. The summed E-state index contributed by atoms with van der Waals surface area (Å²) in [5.41, 5.74) is 0.761. The van der Waals surface area contributed by atoms with E-state index in [0.29, 0.717) is 12.0 Å². The first-order chi connectivity index (χ1) is 10.5. The Balaban J connectivity index is 2.55. The Labute approximate surface area is 145 Å². The van der Waals surface area contributed by atoms with Crippen molar-refractivity contribution >= 4 is 27.9 Å². The molecule has 0 bridgehead atoms. The average Bonchev–Trinajstić information content (AvgIpc) is 2.54. The Morgan fingerprint density at radius 1 is 1.39 bits per heavy atom. The smallest absolute Gasteiger partial charge is 0.418 e. The first-order valence-corrected chi connectivity index (χ1v) is 8.27. The monoisotopic (exact) mass is 379 g/mol. The van der Waals surface area contributed by atoms with Gasteiger partial charge in [-0.15, -0.1) is 6.58 Å². The molecule has 1 aliphatic heterocycles. The van der Waals surface area contributed by atoms with Gasteiger partial charge >= 0.3 is 6.09 Å². The van der Waals surface area contributed by atoms with Gasteiger partial charge in [0.1, 0.15) is 5.60 Å². The Morgan fingerprint density at radius 3 is 2.52 bits per heavy atom. The molecule has 0 saturated heterocycles. The van der Waals surface area contributed by atoms with Crippen LogP contribution in [-0.2, 0) is 10.3 Å². The van der Waals surface area contributed by atoms with Crippen LogP contribution in [0.2, 0.25) is 0 Å². The predicted molar refractivity (Wildman–Crippen MR) is 93.3 cm³/mol. The Hall–Kier alpha value is -1.62. The maximum absolute atomic E-state index is 12.8. The van der Waals surface area contributed by atoms with Gasteiger partial charge in [0, 0.05) is 10.0 Å². The molecule has 0 aliphatic carbocycles. The van der Waals surface area contributed by atoms with Crippen molar-refractivity contribution in [1.82, 2.24) is 4.90 Å². The van der Waals surface area contributed by atoms with Crippen LogP contribution in [0.25, 0.3) is 0 Å². The molecule has 23 heavy (non-hydrogen) atoms. The van der Waals surface area contributed by atoms with Crippen molar-refractivity contribution in [3.63, 3.8) is 0 Å². The summed E-state index contributed by atoms with van der Waals surface area (Å²) in [4.78, 5) is 26.7. The molecule has 0 spiro atoms. The summed E-state index contributed by atoms with van der Waals surface area (Å²) in [6.45, 7) is 13.1. The van der Waals surface area contributed by atoms with E-state index in [4.69, 9.17) is 4.74 Å². The second kappa shape index (κ2) is 5.78. The Bertz CT molecular complexity index is 690. The third kappa shape index (κ3) is 3.34. The lowest BCUT2D eigenvalue weighted by Crippen LogP contribution is -2.48. The van der Waals surface area contributed by atoms with Gasteiger partial charge in [0.25, 0.3) is 5.91 Å². The lowest BCUT2D eigenvalue weighted by molar-refractivity contribution is 0.00675. The maximum atomic E-state index is 12.8. The van der Waals surface area contributed by atoms with Gasteiger partial charge < -0.3 is 4.74 Å². The van der Waals surface area contributed by atoms with Crippen LogP contribution < -0.4 is 0 Å². The Kier molecular flexibility index (Phi) is 4.46. The number of hydrogen-bond acceptors (Lipinski definition) is 3. The van der Waals surface area contributed by atoms with Crippen LogP contribution in [0.15, 0.2) is 34.8 Å². The summed E-state index contributed by atoms with van der Waals surface area (Å²) < 4.78 is 6.32. The highest BCUT2D eigenvalue weighted by molar-refractivity contribution is 9.10. The van der Waals surface area contributed by atoms with Gasteiger partial charge in [-0.2, -0.15) is 0 Å². The molecule has 2 rings (SSSR count). The molecule has 0 N–H and O–H groups in total. The van der Waals surface area contributed by atoms with Crippen LogP contribution >= 0.6 is 15.9 Å². The standard InChI is InChI=1S/C18H22BrNO3/c1-11(2)10-18(6)14-9-12(19)7-8-13(14)15(21)20(18)16(22)23-17(3,4)5/h7-9H,1,10H2,2-6H3. The molecular weight excluding hydrogens is 358 g/mol. The fourth-order valence-corrected chi connectivity index (χ4v) is 3.33. The number of fused-ring (bicyclic) bond motifs is 1. The highest BCUT2D eigenvalue weighted by Crippen LogP contribution is 2.44. The summed E-state index contributed by atoms with van der Waals surface area (Å²) >= 11 is 3.44. The minimum atomic E-state index is -0.801. The van der Waals surface area contributed by atoms with Crippen molar-refractivity contribution in [2.45, 2.75) is 52.2 Å². The minimum absolute atomic E-state index is 0.328. The first-order valence-electron chi connectivity index (χ1n) is 7.47. The molecule has 1 aliphatic rings. The summed E-state index contributed by atoms with van der Waals surface area (Å²) in [7, 11) is 0. The highest BCUT2D eigenvalue weighted by Gasteiger charge is 2.50. The van der Waals surface area contributed by atoms with Crippen LogP contribution in [0.1, 0.15) is 57.0 Å². The fourth-order valence-electron chi connectivity index (χ4n) is 2.97. The fraction of sp³-hybridized carbons (Fsp3) is 0.444. The van der Waals surface area contributed by atoms with Crippen molar-refractivity contribution in [2.24, 2.45) is 0 Å². The van der Waals surface area contributed by atoms with E-state index in [2.05, 4.69) is 22.5 Å². The number of carbonyl (C=O) groups excluding carboxylic acids is 2. The molecule has 0 saturated carbocycles. The number of benzene rings is 1. The number of nitrogens with zero attached hydrogens (tertiary/aromatic N) is 1. The van der Waals surface area contributed by atoms with Crippen molar-refractivity contribution in [3.8, 4) is 0 Å². The van der Waals surface area contributed by atoms with E-state index in [1.54, 1.807) is 32.9 Å². The van der Waals surface area contributed by atoms with E-state index in [0.717, 1.165) is 15.6 Å². The van der Waals surface area contributed by atoms with Crippen LogP contribution in [0.4, 0.5) is 4.79 Å². The molecule has 0 fully saturated rings. The third-order valence-corrected chi connectivity index (χ3v) is 4.20. The van der Waals surface area contributed by atoms with E-state index in [1.165, 1.54) is 4.90 Å². The van der Waals surface area contributed by atoms with Crippen molar-refractivity contribution in [1.29, 1.82) is 0 Å². The topological polar surface area (TPSA) is 46.6 Å². The molecule has 5 heteroatoms. The number of ether oxygens (including phenoxy) is 1. The summed E-state index contributed by atoms with van der Waals surface area (Å²) in [5.74, 6) is -0.328. The maximum Gasteiger partial charge on any atom is 0.418 e. The number of amides is 2. The SMILES string of the molecule is C=C(C)CC1(C)c2cc(Br)ccc2C(=O)N1C(=O)OC(C)(C)C. The van der Waals surface area contributed by atoms with Crippen LogP contribution in [0, 0.1) is 0 Å². The minimum Gasteiger partial charge on any atom is -0.443 e. The van der Waals surface area contributed by atoms with Gasteiger partial charge in [-0.05, 0) is 64.8 Å². The molecule has 1 aromatic carbocycles. The molecule has 4 nitrogen and oxygen atoms in total. The molecule has 0 aromatic heterocycles. The zero-order valence-electron chi connectivity index (χ0n) is 14.2. The second-order valence-corrected chi connectivity index (χ2v) is 8.13. The normalized spacial score (nSPS) is 20.4. The number of halogens is 1. The van der Waals surface area contributed by atoms with Gasteiger partial charge in [0.05, 0.1) is 5.54 Å². The second-order valence-electron chi connectivity index (χ2n) is 7.22. The zero-order chi connectivity index (χ0) is 17.6. The van der Waals surface area contributed by atoms with Gasteiger partial charge in [0.15, 0.2) is 0 Å². The van der Waals surface area contributed by atoms with E-state index in [1.807, 2.05) is 19.9 Å². The summed E-state index contributed by atoms with van der Waals surface area (Å²) in [6, 6.07) is 5.43.